The fraction of sp³-hybridized carbons (Fsp3) is 0.286. The van der Waals surface area contributed by atoms with Gasteiger partial charge in [0.05, 0.1) is 11.4 Å². The summed E-state index contributed by atoms with van der Waals surface area (Å²) in [5, 5.41) is 0. The average Bonchev–Trinajstić information content (AvgIpc) is 2.85. The van der Waals surface area contributed by atoms with Crippen LogP contribution in [0.4, 0.5) is 16.2 Å². The largest absolute Gasteiger partial charge is 0.329 e. The molecule has 2 amide bonds. The van der Waals surface area contributed by atoms with Crippen LogP contribution in [0.1, 0.15) is 11.1 Å². The Morgan fingerprint density at radius 1 is 0.846 bits per heavy atom. The fourth-order valence-electron chi connectivity index (χ4n) is 3.60. The Hall–Kier alpha value is -2.30. The zero-order valence-corrected chi connectivity index (χ0v) is 15.4. The number of para-hydroxylation sites is 2. The summed E-state index contributed by atoms with van der Waals surface area (Å²) in [6.07, 6.45) is 4.17. The van der Waals surface area contributed by atoms with Gasteiger partial charge in [0.25, 0.3) is 0 Å². The molecule has 2 aromatic carbocycles. The van der Waals surface area contributed by atoms with Crippen molar-refractivity contribution in [2.24, 2.45) is 0 Å². The van der Waals surface area contributed by atoms with E-state index >= 15 is 0 Å². The van der Waals surface area contributed by atoms with E-state index in [0.717, 1.165) is 55.2 Å². The molecule has 0 spiro atoms. The normalized spacial score (nSPS) is 16.8. The van der Waals surface area contributed by atoms with E-state index in [1.54, 1.807) is 0 Å². The molecule has 2 aliphatic heterocycles. The molecule has 0 unspecified atom stereocenters. The van der Waals surface area contributed by atoms with Crippen LogP contribution in [0.2, 0.25) is 0 Å². The highest BCUT2D eigenvalue weighted by molar-refractivity contribution is 6.18. The van der Waals surface area contributed by atoms with E-state index in [9.17, 15) is 4.79 Å². The molecule has 0 saturated carbocycles. The van der Waals surface area contributed by atoms with Crippen LogP contribution >= 0.6 is 11.6 Å². The van der Waals surface area contributed by atoms with Gasteiger partial charge in [-0.15, -0.1) is 11.6 Å². The second-order valence-corrected chi connectivity index (χ2v) is 6.96. The van der Waals surface area contributed by atoms with Crippen molar-refractivity contribution < 1.29 is 4.79 Å². The number of halogens is 1. The summed E-state index contributed by atoms with van der Waals surface area (Å²) >= 11 is 5.85. The lowest BCUT2D eigenvalue weighted by Crippen LogP contribution is -2.52. The smallest absolute Gasteiger partial charge is 0.321 e. The molecule has 0 aromatic heterocycles. The monoisotopic (exact) mass is 367 g/mol. The highest BCUT2D eigenvalue weighted by Crippen LogP contribution is 2.37. The van der Waals surface area contributed by atoms with Gasteiger partial charge >= 0.3 is 6.03 Å². The molecule has 0 bridgehead atoms. The minimum atomic E-state index is 0.0409. The molecule has 2 aromatic rings. The van der Waals surface area contributed by atoms with E-state index < -0.39 is 0 Å². The average molecular weight is 368 g/mol. The van der Waals surface area contributed by atoms with Crippen LogP contribution in [0.5, 0.6) is 0 Å². The first-order chi connectivity index (χ1) is 12.8. The Morgan fingerprint density at radius 3 is 1.92 bits per heavy atom. The summed E-state index contributed by atoms with van der Waals surface area (Å²) in [6, 6.07) is 16.2. The van der Waals surface area contributed by atoms with Crippen LogP contribution in [-0.2, 0) is 0 Å². The first-order valence-electron chi connectivity index (χ1n) is 9.01. The maximum atomic E-state index is 13.5. The number of piperazine rings is 1. The maximum absolute atomic E-state index is 13.5. The number of fused-ring (bicyclic) bond motifs is 2. The minimum Gasteiger partial charge on any atom is -0.321 e. The summed E-state index contributed by atoms with van der Waals surface area (Å²) < 4.78 is 0. The van der Waals surface area contributed by atoms with E-state index in [0.29, 0.717) is 5.88 Å². The van der Waals surface area contributed by atoms with Crippen molar-refractivity contribution in [1.82, 2.24) is 9.80 Å². The lowest BCUT2D eigenvalue weighted by atomic mass is 10.1. The molecule has 2 heterocycles. The third-order valence-corrected chi connectivity index (χ3v) is 5.20. The van der Waals surface area contributed by atoms with Gasteiger partial charge in [-0.05, 0) is 23.3 Å². The number of urea groups is 1. The summed E-state index contributed by atoms with van der Waals surface area (Å²) in [6.45, 7) is 4.07. The summed E-state index contributed by atoms with van der Waals surface area (Å²) in [5.74, 6) is 0.631. The molecule has 134 valence electrons. The number of nitrogens with zero attached hydrogens (tertiary/aromatic N) is 3. The molecule has 0 aliphatic carbocycles. The zero-order chi connectivity index (χ0) is 17.9. The van der Waals surface area contributed by atoms with Crippen LogP contribution in [0.15, 0.2) is 48.5 Å². The van der Waals surface area contributed by atoms with Crippen LogP contribution < -0.4 is 4.90 Å². The summed E-state index contributed by atoms with van der Waals surface area (Å²) in [5.41, 5.74) is 3.97. The Balaban J connectivity index is 1.67. The number of hydrogen-bond donors (Lipinski definition) is 0. The maximum Gasteiger partial charge on any atom is 0.329 e. The van der Waals surface area contributed by atoms with E-state index in [4.69, 9.17) is 11.6 Å². The predicted molar refractivity (Wildman–Crippen MR) is 108 cm³/mol. The first-order valence-corrected chi connectivity index (χ1v) is 9.55. The second-order valence-electron chi connectivity index (χ2n) is 6.59. The first kappa shape index (κ1) is 17.1. The van der Waals surface area contributed by atoms with E-state index in [1.165, 1.54) is 0 Å². The van der Waals surface area contributed by atoms with Gasteiger partial charge < -0.3 is 4.90 Å². The molecular weight excluding hydrogens is 346 g/mol. The Bertz CT molecular complexity index is 778. The van der Waals surface area contributed by atoms with Gasteiger partial charge in [-0.2, -0.15) is 0 Å². The van der Waals surface area contributed by atoms with Crippen molar-refractivity contribution in [3.8, 4) is 0 Å². The standard InChI is InChI=1S/C21H22ClN3O/c22-11-12-23-13-15-24(16-14-23)21(26)25-19-7-3-1-5-17(19)9-10-18-6-2-4-8-20(18)25/h1-10H,11-16H2. The van der Waals surface area contributed by atoms with Gasteiger partial charge in [0.2, 0.25) is 0 Å². The van der Waals surface area contributed by atoms with Crippen LogP contribution in [-0.4, -0.2) is 54.4 Å². The number of alkyl halides is 1. The van der Waals surface area contributed by atoms with Crippen molar-refractivity contribution in [3.05, 3.63) is 59.7 Å². The Labute approximate surface area is 159 Å². The van der Waals surface area contributed by atoms with Crippen molar-refractivity contribution in [3.63, 3.8) is 0 Å². The zero-order valence-electron chi connectivity index (χ0n) is 14.6. The third kappa shape index (κ3) is 3.22. The van der Waals surface area contributed by atoms with Gasteiger partial charge in [-0.25, -0.2) is 4.79 Å². The van der Waals surface area contributed by atoms with Gasteiger partial charge in [0.15, 0.2) is 0 Å². The van der Waals surface area contributed by atoms with Crippen LogP contribution in [0, 0.1) is 0 Å². The van der Waals surface area contributed by atoms with E-state index in [-0.39, 0.29) is 6.03 Å². The lowest BCUT2D eigenvalue weighted by molar-refractivity contribution is 0.149. The van der Waals surface area contributed by atoms with Crippen LogP contribution in [0.3, 0.4) is 0 Å². The predicted octanol–water partition coefficient (Wildman–Crippen LogP) is 4.28. The summed E-state index contributed by atoms with van der Waals surface area (Å²) in [7, 11) is 0. The number of anilines is 2. The molecule has 4 nitrogen and oxygen atoms in total. The molecule has 4 rings (SSSR count). The van der Waals surface area contributed by atoms with Crippen LogP contribution in [0.25, 0.3) is 12.2 Å². The number of amides is 2. The molecule has 5 heteroatoms. The minimum absolute atomic E-state index is 0.0409. The van der Waals surface area contributed by atoms with E-state index in [2.05, 4.69) is 29.2 Å². The molecule has 0 radical (unpaired) electrons. The second kappa shape index (κ2) is 7.52. The molecule has 0 atom stereocenters. The molecule has 1 fully saturated rings. The van der Waals surface area contributed by atoms with Gasteiger partial charge in [-0.1, -0.05) is 48.6 Å². The highest BCUT2D eigenvalue weighted by Gasteiger charge is 2.29. The number of carbonyl (C=O) groups excluding carboxylic acids is 1. The SMILES string of the molecule is O=C(N1CCN(CCCl)CC1)N1c2ccccc2C=Cc2ccccc21. The molecule has 0 N–H and O–H groups in total. The van der Waals surface area contributed by atoms with Crippen molar-refractivity contribution in [2.45, 2.75) is 0 Å². The third-order valence-electron chi connectivity index (χ3n) is 5.03. The van der Waals surface area contributed by atoms with Gasteiger partial charge in [-0.3, -0.25) is 9.80 Å². The Kier molecular flexibility index (Phi) is 4.96. The number of hydrogen-bond acceptors (Lipinski definition) is 2. The van der Waals surface area contributed by atoms with Crippen molar-refractivity contribution in [1.29, 1.82) is 0 Å². The number of rotatable bonds is 2. The molecule has 26 heavy (non-hydrogen) atoms. The molecular formula is C21H22ClN3O. The van der Waals surface area contributed by atoms with E-state index in [1.807, 2.05) is 46.2 Å². The summed E-state index contributed by atoms with van der Waals surface area (Å²) in [4.78, 5) is 19.6. The van der Waals surface area contributed by atoms with Gasteiger partial charge in [0, 0.05) is 38.6 Å². The molecule has 2 aliphatic rings. The number of benzene rings is 2. The quantitative estimate of drug-likeness (QED) is 0.740. The van der Waals surface area contributed by atoms with Gasteiger partial charge in [0.1, 0.15) is 0 Å². The molecule has 1 saturated heterocycles. The highest BCUT2D eigenvalue weighted by atomic mass is 35.5. The lowest BCUT2D eigenvalue weighted by Gasteiger charge is -2.37. The number of carbonyl (C=O) groups is 1. The Morgan fingerprint density at radius 2 is 1.38 bits per heavy atom. The topological polar surface area (TPSA) is 26.8 Å². The van der Waals surface area contributed by atoms with Crippen molar-refractivity contribution >= 4 is 41.2 Å². The fourth-order valence-corrected chi connectivity index (χ4v) is 3.84. The van der Waals surface area contributed by atoms with Crippen molar-refractivity contribution in [2.75, 3.05) is 43.5 Å².